The monoisotopic (exact) mass is 352 g/mol. The van der Waals surface area contributed by atoms with Crippen molar-refractivity contribution in [3.05, 3.63) is 36.4 Å². The Morgan fingerprint density at radius 2 is 2.08 bits per heavy atom. The van der Waals surface area contributed by atoms with Crippen LogP contribution in [0.25, 0.3) is 11.4 Å². The summed E-state index contributed by atoms with van der Waals surface area (Å²) in [5.74, 6) is 2.08. The van der Waals surface area contributed by atoms with Gasteiger partial charge in [-0.1, -0.05) is 25.7 Å². The van der Waals surface area contributed by atoms with Crippen LogP contribution in [0.3, 0.4) is 0 Å². The van der Waals surface area contributed by atoms with Crippen molar-refractivity contribution < 1.29 is 4.79 Å². The molecule has 5 heteroatoms. The molecule has 138 valence electrons. The lowest BCUT2D eigenvalue weighted by Gasteiger charge is -2.20. The van der Waals surface area contributed by atoms with Gasteiger partial charge >= 0.3 is 0 Å². The molecule has 1 amide bonds. The standard InChI is InChI=1S/C21H28N4O/c1-16-13-23-21(18-7-4-11-22-14-18)25(16)19-10-12-24(15-19)20(26)9-8-17-5-2-3-6-17/h4,7,11,13-14,17,19H,2-3,5-6,8-10,12,15H2,1H3. The quantitative estimate of drug-likeness (QED) is 0.817. The normalized spacial score (nSPS) is 20.8. The zero-order valence-electron chi connectivity index (χ0n) is 15.6. The molecule has 4 rings (SSSR count). The number of hydrogen-bond donors (Lipinski definition) is 0. The molecule has 0 bridgehead atoms. The van der Waals surface area contributed by atoms with E-state index in [1.807, 2.05) is 24.5 Å². The molecule has 1 aliphatic heterocycles. The summed E-state index contributed by atoms with van der Waals surface area (Å²) in [7, 11) is 0. The van der Waals surface area contributed by atoms with Crippen LogP contribution in [0.2, 0.25) is 0 Å². The minimum atomic E-state index is 0.308. The van der Waals surface area contributed by atoms with Crippen LogP contribution in [0.5, 0.6) is 0 Å². The largest absolute Gasteiger partial charge is 0.341 e. The van der Waals surface area contributed by atoms with Gasteiger partial charge in [-0.2, -0.15) is 0 Å². The van der Waals surface area contributed by atoms with Crippen molar-refractivity contribution in [3.63, 3.8) is 0 Å². The Labute approximate surface area is 155 Å². The van der Waals surface area contributed by atoms with Gasteiger partial charge in [0.25, 0.3) is 0 Å². The van der Waals surface area contributed by atoms with E-state index in [4.69, 9.17) is 0 Å². The molecule has 0 radical (unpaired) electrons. The molecule has 1 aliphatic carbocycles. The summed E-state index contributed by atoms with van der Waals surface area (Å²) >= 11 is 0. The van der Waals surface area contributed by atoms with Crippen LogP contribution in [0.1, 0.15) is 56.7 Å². The first-order valence-corrected chi connectivity index (χ1v) is 9.94. The van der Waals surface area contributed by atoms with Gasteiger partial charge in [-0.3, -0.25) is 9.78 Å². The van der Waals surface area contributed by atoms with E-state index in [9.17, 15) is 4.79 Å². The van der Waals surface area contributed by atoms with Gasteiger partial charge in [-0.15, -0.1) is 0 Å². The minimum absolute atomic E-state index is 0.308. The van der Waals surface area contributed by atoms with Crippen molar-refractivity contribution in [2.24, 2.45) is 5.92 Å². The summed E-state index contributed by atoms with van der Waals surface area (Å²) in [5, 5.41) is 0. The zero-order valence-corrected chi connectivity index (χ0v) is 15.6. The predicted molar refractivity (Wildman–Crippen MR) is 102 cm³/mol. The smallest absolute Gasteiger partial charge is 0.222 e. The van der Waals surface area contributed by atoms with Crippen molar-refractivity contribution in [1.82, 2.24) is 19.4 Å². The molecule has 2 aromatic heterocycles. The lowest BCUT2D eigenvalue weighted by Crippen LogP contribution is -2.29. The number of carbonyl (C=O) groups is 1. The molecule has 1 atom stereocenters. The number of aromatic nitrogens is 3. The summed E-state index contributed by atoms with van der Waals surface area (Å²) in [6.45, 7) is 3.75. The Hall–Kier alpha value is -2.17. The SMILES string of the molecule is Cc1cnc(-c2cccnc2)n1C1CCN(C(=O)CCC2CCCC2)C1. The average Bonchev–Trinajstić information content (AvgIpc) is 3.41. The summed E-state index contributed by atoms with van der Waals surface area (Å²) in [6, 6.07) is 4.30. The Morgan fingerprint density at radius 1 is 1.23 bits per heavy atom. The first kappa shape index (κ1) is 17.3. The first-order chi connectivity index (χ1) is 12.7. The Balaban J connectivity index is 1.42. The van der Waals surface area contributed by atoms with Crippen LogP contribution in [-0.4, -0.2) is 38.4 Å². The average molecular weight is 352 g/mol. The van der Waals surface area contributed by atoms with E-state index in [0.717, 1.165) is 55.4 Å². The highest BCUT2D eigenvalue weighted by Crippen LogP contribution is 2.31. The molecule has 2 aromatic rings. The number of amides is 1. The molecular weight excluding hydrogens is 324 g/mol. The third kappa shape index (κ3) is 3.53. The van der Waals surface area contributed by atoms with Crippen LogP contribution in [-0.2, 0) is 4.79 Å². The van der Waals surface area contributed by atoms with Gasteiger partial charge in [-0.05, 0) is 37.8 Å². The number of rotatable bonds is 5. The molecule has 2 aliphatic rings. The Bertz CT molecular complexity index is 749. The maximum Gasteiger partial charge on any atom is 0.222 e. The molecule has 2 fully saturated rings. The van der Waals surface area contributed by atoms with Gasteiger partial charge in [0.1, 0.15) is 5.82 Å². The fraction of sp³-hybridized carbons (Fsp3) is 0.571. The molecule has 0 N–H and O–H groups in total. The molecule has 3 heterocycles. The lowest BCUT2D eigenvalue weighted by atomic mass is 10.0. The van der Waals surface area contributed by atoms with E-state index in [-0.39, 0.29) is 0 Å². The van der Waals surface area contributed by atoms with Gasteiger partial charge in [0.15, 0.2) is 0 Å². The molecule has 1 unspecified atom stereocenters. The molecule has 26 heavy (non-hydrogen) atoms. The highest BCUT2D eigenvalue weighted by atomic mass is 16.2. The van der Waals surface area contributed by atoms with E-state index in [1.54, 1.807) is 6.20 Å². The summed E-state index contributed by atoms with van der Waals surface area (Å²) in [4.78, 5) is 23.5. The van der Waals surface area contributed by atoms with Gasteiger partial charge < -0.3 is 9.47 Å². The van der Waals surface area contributed by atoms with Crippen molar-refractivity contribution in [3.8, 4) is 11.4 Å². The molecule has 5 nitrogen and oxygen atoms in total. The highest BCUT2D eigenvalue weighted by Gasteiger charge is 2.30. The first-order valence-electron chi connectivity index (χ1n) is 9.94. The molecule has 1 saturated heterocycles. The third-order valence-corrected chi connectivity index (χ3v) is 6.02. The third-order valence-electron chi connectivity index (χ3n) is 6.02. The van der Waals surface area contributed by atoms with Crippen LogP contribution in [0.4, 0.5) is 0 Å². The maximum absolute atomic E-state index is 12.6. The summed E-state index contributed by atoms with van der Waals surface area (Å²) in [5.41, 5.74) is 2.18. The van der Waals surface area contributed by atoms with Crippen molar-refractivity contribution in [2.45, 2.75) is 57.9 Å². The number of imidazole rings is 1. The zero-order chi connectivity index (χ0) is 17.9. The van der Waals surface area contributed by atoms with Gasteiger partial charge in [0.2, 0.25) is 5.91 Å². The summed E-state index contributed by atoms with van der Waals surface area (Å²) < 4.78 is 2.29. The van der Waals surface area contributed by atoms with E-state index < -0.39 is 0 Å². The van der Waals surface area contributed by atoms with E-state index in [1.165, 1.54) is 25.7 Å². The lowest BCUT2D eigenvalue weighted by molar-refractivity contribution is -0.130. The predicted octanol–water partition coefficient (Wildman–Crippen LogP) is 4.00. The van der Waals surface area contributed by atoms with Crippen molar-refractivity contribution in [2.75, 3.05) is 13.1 Å². The maximum atomic E-state index is 12.6. The van der Waals surface area contributed by atoms with Crippen molar-refractivity contribution in [1.29, 1.82) is 0 Å². The minimum Gasteiger partial charge on any atom is -0.341 e. The van der Waals surface area contributed by atoms with Crippen LogP contribution in [0, 0.1) is 12.8 Å². The summed E-state index contributed by atoms with van der Waals surface area (Å²) in [6.07, 6.45) is 13.7. The Kier molecular flexibility index (Phi) is 5.05. The molecule has 0 aromatic carbocycles. The van der Waals surface area contributed by atoms with E-state index in [2.05, 4.69) is 26.4 Å². The molecular formula is C21H28N4O. The number of carbonyl (C=O) groups excluding carboxylic acids is 1. The highest BCUT2D eigenvalue weighted by molar-refractivity contribution is 5.76. The Morgan fingerprint density at radius 3 is 2.85 bits per heavy atom. The molecule has 0 spiro atoms. The van der Waals surface area contributed by atoms with Gasteiger partial charge in [-0.25, -0.2) is 4.98 Å². The van der Waals surface area contributed by atoms with Gasteiger partial charge in [0.05, 0.1) is 6.04 Å². The fourth-order valence-corrected chi connectivity index (χ4v) is 4.58. The van der Waals surface area contributed by atoms with Gasteiger partial charge in [0, 0.05) is 49.4 Å². The van der Waals surface area contributed by atoms with E-state index >= 15 is 0 Å². The second-order valence-corrected chi connectivity index (χ2v) is 7.81. The van der Waals surface area contributed by atoms with Crippen LogP contribution in [0.15, 0.2) is 30.7 Å². The second kappa shape index (κ2) is 7.60. The van der Waals surface area contributed by atoms with Crippen LogP contribution < -0.4 is 0 Å². The number of aryl methyl sites for hydroxylation is 1. The number of hydrogen-bond acceptors (Lipinski definition) is 3. The number of nitrogens with zero attached hydrogens (tertiary/aromatic N) is 4. The topological polar surface area (TPSA) is 51.0 Å². The second-order valence-electron chi connectivity index (χ2n) is 7.81. The number of likely N-dealkylation sites (tertiary alicyclic amines) is 1. The molecule has 1 saturated carbocycles. The fourth-order valence-electron chi connectivity index (χ4n) is 4.58. The van der Waals surface area contributed by atoms with Crippen molar-refractivity contribution >= 4 is 5.91 Å². The van der Waals surface area contributed by atoms with Crippen LogP contribution >= 0.6 is 0 Å². The van der Waals surface area contributed by atoms with E-state index in [0.29, 0.717) is 11.9 Å². The number of pyridine rings is 1.